The standard InChI is InChI=1S/C7H7FNO/c8-6-2-1-5(4-10)7(9)3-6/h1-3H,4,9H2. The number of benzene rings is 1. The lowest BCUT2D eigenvalue weighted by Gasteiger charge is -1.98. The molecule has 0 aliphatic carbocycles. The summed E-state index contributed by atoms with van der Waals surface area (Å²) in [4.78, 5) is 0. The van der Waals surface area contributed by atoms with Gasteiger partial charge in [0, 0.05) is 11.3 Å². The average Bonchev–Trinajstić information content (AvgIpc) is 1.88. The highest BCUT2D eigenvalue weighted by Gasteiger charge is 1.98. The van der Waals surface area contributed by atoms with Gasteiger partial charge in [0.2, 0.25) is 0 Å². The number of hydrogen-bond acceptors (Lipinski definition) is 1. The van der Waals surface area contributed by atoms with E-state index in [1.807, 2.05) is 0 Å². The molecular formula is C7H7FNO. The molecule has 0 saturated carbocycles. The van der Waals surface area contributed by atoms with Gasteiger partial charge in [0.25, 0.3) is 0 Å². The molecule has 0 aliphatic heterocycles. The maximum Gasteiger partial charge on any atom is 0.125 e. The molecule has 0 saturated heterocycles. The van der Waals surface area contributed by atoms with Gasteiger partial charge >= 0.3 is 0 Å². The van der Waals surface area contributed by atoms with Crippen LogP contribution >= 0.6 is 0 Å². The van der Waals surface area contributed by atoms with E-state index in [1.54, 1.807) is 0 Å². The number of nitrogen functional groups attached to an aromatic ring is 1. The van der Waals surface area contributed by atoms with Crippen molar-refractivity contribution in [3.05, 3.63) is 29.6 Å². The van der Waals surface area contributed by atoms with Crippen molar-refractivity contribution >= 4 is 5.69 Å². The Balaban J connectivity index is 3.07. The Morgan fingerprint density at radius 3 is 2.70 bits per heavy atom. The number of hydrogen-bond donors (Lipinski definition) is 1. The summed E-state index contributed by atoms with van der Waals surface area (Å²) in [7, 11) is 0. The molecule has 0 fully saturated rings. The minimum Gasteiger partial charge on any atom is -0.398 e. The molecule has 0 unspecified atom stereocenters. The molecule has 0 aromatic heterocycles. The molecule has 2 nitrogen and oxygen atoms in total. The quantitative estimate of drug-likeness (QED) is 0.588. The molecule has 1 radical (unpaired) electrons. The van der Waals surface area contributed by atoms with Crippen molar-refractivity contribution in [1.82, 2.24) is 0 Å². The average molecular weight is 140 g/mol. The van der Waals surface area contributed by atoms with Crippen molar-refractivity contribution in [2.75, 3.05) is 5.73 Å². The summed E-state index contributed by atoms with van der Waals surface area (Å²) >= 11 is 0. The van der Waals surface area contributed by atoms with Crippen LogP contribution in [0.4, 0.5) is 10.1 Å². The van der Waals surface area contributed by atoms with Gasteiger partial charge in [-0.15, -0.1) is 0 Å². The Bertz CT molecular complexity index is 237. The van der Waals surface area contributed by atoms with Crippen molar-refractivity contribution < 1.29 is 9.50 Å². The largest absolute Gasteiger partial charge is 0.398 e. The van der Waals surface area contributed by atoms with E-state index in [-0.39, 0.29) is 5.69 Å². The van der Waals surface area contributed by atoms with Crippen LogP contribution in [0.1, 0.15) is 5.56 Å². The highest BCUT2D eigenvalue weighted by Crippen LogP contribution is 2.12. The van der Waals surface area contributed by atoms with Gasteiger partial charge in [-0.3, -0.25) is 0 Å². The molecule has 10 heavy (non-hydrogen) atoms. The minimum atomic E-state index is -0.408. The predicted octanol–water partition coefficient (Wildman–Crippen LogP) is 1.34. The zero-order valence-corrected chi connectivity index (χ0v) is 5.30. The van der Waals surface area contributed by atoms with Gasteiger partial charge in [0.15, 0.2) is 0 Å². The normalized spacial score (nSPS) is 9.80. The first kappa shape index (κ1) is 7.02. The molecular weight excluding hydrogens is 133 g/mol. The lowest BCUT2D eigenvalue weighted by Crippen LogP contribution is -1.93. The third-order valence-electron chi connectivity index (χ3n) is 1.26. The third-order valence-corrected chi connectivity index (χ3v) is 1.26. The monoisotopic (exact) mass is 140 g/mol. The van der Waals surface area contributed by atoms with E-state index in [2.05, 4.69) is 0 Å². The van der Waals surface area contributed by atoms with Crippen LogP contribution in [0.3, 0.4) is 0 Å². The first-order valence-electron chi connectivity index (χ1n) is 2.86. The third kappa shape index (κ3) is 1.25. The van der Waals surface area contributed by atoms with Crippen molar-refractivity contribution in [3.63, 3.8) is 0 Å². The fourth-order valence-corrected chi connectivity index (χ4v) is 0.697. The number of nitrogens with two attached hydrogens (primary N) is 1. The van der Waals surface area contributed by atoms with Crippen LogP contribution in [0.2, 0.25) is 0 Å². The highest BCUT2D eigenvalue weighted by atomic mass is 19.1. The highest BCUT2D eigenvalue weighted by molar-refractivity contribution is 5.46. The van der Waals surface area contributed by atoms with Gasteiger partial charge in [-0.1, -0.05) is 6.07 Å². The zero-order valence-electron chi connectivity index (χ0n) is 5.30. The second-order valence-corrected chi connectivity index (χ2v) is 1.99. The first-order valence-corrected chi connectivity index (χ1v) is 2.86. The van der Waals surface area contributed by atoms with Crippen LogP contribution in [-0.2, 0) is 11.7 Å². The number of halogens is 1. The van der Waals surface area contributed by atoms with E-state index in [1.165, 1.54) is 12.1 Å². The lowest BCUT2D eigenvalue weighted by atomic mass is 10.2. The molecule has 0 amide bonds. The number of rotatable bonds is 1. The van der Waals surface area contributed by atoms with Gasteiger partial charge < -0.3 is 5.73 Å². The summed E-state index contributed by atoms with van der Waals surface area (Å²) in [5.41, 5.74) is 5.97. The summed E-state index contributed by atoms with van der Waals surface area (Å²) in [6.07, 6.45) is 0. The van der Waals surface area contributed by atoms with Crippen molar-refractivity contribution in [2.45, 2.75) is 6.61 Å². The van der Waals surface area contributed by atoms with E-state index in [0.717, 1.165) is 6.07 Å². The minimum absolute atomic E-state index is 0.231. The van der Waals surface area contributed by atoms with Gasteiger partial charge in [0.1, 0.15) is 12.4 Å². The molecule has 0 spiro atoms. The van der Waals surface area contributed by atoms with Crippen molar-refractivity contribution in [1.29, 1.82) is 0 Å². The molecule has 1 aromatic carbocycles. The molecule has 53 valence electrons. The maximum atomic E-state index is 12.3. The molecule has 0 heterocycles. The smallest absolute Gasteiger partial charge is 0.125 e. The lowest BCUT2D eigenvalue weighted by molar-refractivity contribution is 0.178. The van der Waals surface area contributed by atoms with Gasteiger partial charge in [-0.25, -0.2) is 9.50 Å². The molecule has 2 N–H and O–H groups in total. The Morgan fingerprint density at radius 2 is 2.20 bits per heavy atom. The topological polar surface area (TPSA) is 45.9 Å². The molecule has 3 heteroatoms. The predicted molar refractivity (Wildman–Crippen MR) is 35.2 cm³/mol. The number of anilines is 1. The summed E-state index contributed by atoms with van der Waals surface area (Å²) < 4.78 is 12.3. The van der Waals surface area contributed by atoms with Crippen LogP contribution in [-0.4, -0.2) is 0 Å². The second kappa shape index (κ2) is 2.66. The van der Waals surface area contributed by atoms with Crippen molar-refractivity contribution in [3.8, 4) is 0 Å². The Labute approximate surface area is 58.1 Å². The summed E-state index contributed by atoms with van der Waals surface area (Å²) in [6.45, 7) is -0.397. The van der Waals surface area contributed by atoms with Gasteiger partial charge in [0.05, 0.1) is 0 Å². The van der Waals surface area contributed by atoms with Gasteiger partial charge in [-0.2, -0.15) is 0 Å². The van der Waals surface area contributed by atoms with E-state index in [9.17, 15) is 9.50 Å². The molecule has 0 bridgehead atoms. The molecule has 0 aliphatic rings. The van der Waals surface area contributed by atoms with E-state index >= 15 is 0 Å². The van der Waals surface area contributed by atoms with Crippen LogP contribution in [0, 0.1) is 5.82 Å². The summed E-state index contributed by atoms with van der Waals surface area (Å²) in [5, 5.41) is 10.3. The van der Waals surface area contributed by atoms with Crippen LogP contribution in [0.5, 0.6) is 0 Å². The zero-order chi connectivity index (χ0) is 7.56. The summed E-state index contributed by atoms with van der Waals surface area (Å²) in [5.74, 6) is -0.408. The van der Waals surface area contributed by atoms with Crippen molar-refractivity contribution in [2.24, 2.45) is 0 Å². The molecule has 0 atom stereocenters. The Hall–Kier alpha value is -1.09. The van der Waals surface area contributed by atoms with E-state index < -0.39 is 12.4 Å². The van der Waals surface area contributed by atoms with E-state index in [4.69, 9.17) is 5.73 Å². The maximum absolute atomic E-state index is 12.3. The fourth-order valence-electron chi connectivity index (χ4n) is 0.697. The van der Waals surface area contributed by atoms with E-state index in [0.29, 0.717) is 5.56 Å². The van der Waals surface area contributed by atoms with Gasteiger partial charge in [-0.05, 0) is 12.1 Å². The van der Waals surface area contributed by atoms with Crippen LogP contribution in [0.15, 0.2) is 18.2 Å². The Morgan fingerprint density at radius 1 is 1.50 bits per heavy atom. The Kier molecular flexibility index (Phi) is 1.87. The first-order chi connectivity index (χ1) is 4.74. The van der Waals surface area contributed by atoms with Crippen LogP contribution < -0.4 is 5.73 Å². The fraction of sp³-hybridized carbons (Fsp3) is 0.143. The summed E-state index contributed by atoms with van der Waals surface area (Å²) in [6, 6.07) is 3.77. The molecule has 1 rings (SSSR count). The van der Waals surface area contributed by atoms with Crippen LogP contribution in [0.25, 0.3) is 0 Å². The molecule has 1 aromatic rings. The second-order valence-electron chi connectivity index (χ2n) is 1.99. The SMILES string of the molecule is Nc1cc(F)ccc1C[O].